The smallest absolute Gasteiger partial charge is 0.333 e. The van der Waals surface area contributed by atoms with Gasteiger partial charge in [-0.3, -0.25) is 20.0 Å². The van der Waals surface area contributed by atoms with Crippen molar-refractivity contribution < 1.29 is 14.8 Å². The van der Waals surface area contributed by atoms with Gasteiger partial charge in [-0.05, 0) is 6.92 Å². The number of aromatic nitrogens is 2. The predicted molar refractivity (Wildman–Crippen MR) is 46.1 cm³/mol. The first-order valence-corrected chi connectivity index (χ1v) is 3.67. The minimum atomic E-state index is -1.11. The maximum Gasteiger partial charge on any atom is 0.333 e. The number of aliphatic carboxylic acids is 1. The van der Waals surface area contributed by atoms with E-state index in [2.05, 4.69) is 15.5 Å². The molecule has 76 valence electrons. The summed E-state index contributed by atoms with van der Waals surface area (Å²) in [6.07, 6.45) is 0. The fraction of sp³-hybridized carbons (Fsp3) is 0.333. The van der Waals surface area contributed by atoms with E-state index in [1.165, 1.54) is 6.92 Å². The predicted octanol–water partition coefficient (Wildman–Crippen LogP) is 0.123. The molecule has 0 bridgehead atoms. The molecule has 1 aromatic rings. The number of nitro groups is 1. The van der Waals surface area contributed by atoms with Gasteiger partial charge in [-0.1, -0.05) is 0 Å². The van der Waals surface area contributed by atoms with Gasteiger partial charge in [0.25, 0.3) is 0 Å². The summed E-state index contributed by atoms with van der Waals surface area (Å²) < 4.78 is 0. The van der Waals surface area contributed by atoms with Crippen LogP contribution in [0.4, 0.5) is 11.5 Å². The zero-order valence-corrected chi connectivity index (χ0v) is 7.27. The Morgan fingerprint density at radius 2 is 2.43 bits per heavy atom. The minimum absolute atomic E-state index is 0.0603. The van der Waals surface area contributed by atoms with Crippen molar-refractivity contribution in [1.82, 2.24) is 10.2 Å². The molecule has 1 aromatic heterocycles. The molecule has 8 heteroatoms. The third-order valence-electron chi connectivity index (χ3n) is 1.50. The van der Waals surface area contributed by atoms with Crippen molar-refractivity contribution in [1.29, 1.82) is 0 Å². The van der Waals surface area contributed by atoms with Crippen LogP contribution >= 0.6 is 0 Å². The number of rotatable bonds is 4. The molecular formula is C6H8N4O4. The Labute approximate surface area is 78.1 Å². The molecule has 0 atom stereocenters. The largest absolute Gasteiger partial charge is 0.480 e. The topological polar surface area (TPSA) is 121 Å². The number of hydrogen-bond acceptors (Lipinski definition) is 5. The van der Waals surface area contributed by atoms with Crippen molar-refractivity contribution in [2.24, 2.45) is 0 Å². The molecule has 0 aliphatic heterocycles. The lowest BCUT2D eigenvalue weighted by atomic mass is 10.4. The third kappa shape index (κ3) is 1.97. The van der Waals surface area contributed by atoms with Gasteiger partial charge in [-0.15, -0.1) is 0 Å². The van der Waals surface area contributed by atoms with Crippen molar-refractivity contribution in [2.75, 3.05) is 11.9 Å². The number of hydrogen-bond donors (Lipinski definition) is 3. The van der Waals surface area contributed by atoms with Crippen molar-refractivity contribution in [3.05, 3.63) is 15.8 Å². The Bertz CT molecular complexity index is 372. The first kappa shape index (κ1) is 9.96. The van der Waals surface area contributed by atoms with Crippen LogP contribution in [0.2, 0.25) is 0 Å². The lowest BCUT2D eigenvalue weighted by molar-refractivity contribution is -0.384. The van der Waals surface area contributed by atoms with E-state index >= 15 is 0 Å². The van der Waals surface area contributed by atoms with Gasteiger partial charge < -0.3 is 10.4 Å². The molecule has 0 aliphatic rings. The minimum Gasteiger partial charge on any atom is -0.480 e. The highest BCUT2D eigenvalue weighted by molar-refractivity contribution is 5.74. The monoisotopic (exact) mass is 200 g/mol. The maximum absolute atomic E-state index is 10.5. The highest BCUT2D eigenvalue weighted by Crippen LogP contribution is 2.24. The first-order chi connectivity index (χ1) is 6.52. The molecule has 0 radical (unpaired) electrons. The van der Waals surface area contributed by atoms with Crippen LogP contribution < -0.4 is 5.32 Å². The van der Waals surface area contributed by atoms with E-state index in [4.69, 9.17) is 5.11 Å². The van der Waals surface area contributed by atoms with E-state index in [-0.39, 0.29) is 17.2 Å². The molecule has 14 heavy (non-hydrogen) atoms. The lowest BCUT2D eigenvalue weighted by Crippen LogP contribution is -2.13. The quantitative estimate of drug-likeness (QED) is 0.468. The molecular weight excluding hydrogens is 192 g/mol. The molecule has 0 aromatic carbocycles. The van der Waals surface area contributed by atoms with Gasteiger partial charge >= 0.3 is 11.7 Å². The molecule has 0 unspecified atom stereocenters. The highest BCUT2D eigenvalue weighted by atomic mass is 16.6. The molecule has 0 fully saturated rings. The zero-order chi connectivity index (χ0) is 10.7. The second kappa shape index (κ2) is 3.73. The fourth-order valence-electron chi connectivity index (χ4n) is 0.929. The number of nitrogens with one attached hydrogen (secondary N) is 2. The Morgan fingerprint density at radius 1 is 1.79 bits per heavy atom. The van der Waals surface area contributed by atoms with E-state index < -0.39 is 17.4 Å². The molecule has 8 nitrogen and oxygen atoms in total. The van der Waals surface area contributed by atoms with Gasteiger partial charge in [0, 0.05) is 0 Å². The van der Waals surface area contributed by atoms with Crippen LogP contribution in [0.1, 0.15) is 5.69 Å². The summed E-state index contributed by atoms with van der Waals surface area (Å²) in [5, 5.41) is 27.1. The maximum atomic E-state index is 10.5. The van der Waals surface area contributed by atoms with E-state index in [0.717, 1.165) is 0 Å². The van der Waals surface area contributed by atoms with Crippen LogP contribution in [0.25, 0.3) is 0 Å². The van der Waals surface area contributed by atoms with Gasteiger partial charge in [0.1, 0.15) is 12.2 Å². The Hall–Kier alpha value is -2.12. The van der Waals surface area contributed by atoms with Gasteiger partial charge in [0.15, 0.2) is 0 Å². The lowest BCUT2D eigenvalue weighted by Gasteiger charge is -1.96. The molecule has 1 heterocycles. The summed E-state index contributed by atoms with van der Waals surface area (Å²) in [4.78, 5) is 20.1. The van der Waals surface area contributed by atoms with Gasteiger partial charge in [-0.2, -0.15) is 5.10 Å². The van der Waals surface area contributed by atoms with Crippen LogP contribution in [0, 0.1) is 17.0 Å². The number of aryl methyl sites for hydroxylation is 1. The molecule has 0 saturated heterocycles. The molecule has 3 N–H and O–H groups in total. The van der Waals surface area contributed by atoms with E-state index in [1.54, 1.807) is 0 Å². The molecule has 0 spiro atoms. The average molecular weight is 200 g/mol. The van der Waals surface area contributed by atoms with Crippen molar-refractivity contribution in [3.63, 3.8) is 0 Å². The second-order valence-corrected chi connectivity index (χ2v) is 2.55. The average Bonchev–Trinajstić information content (AvgIpc) is 2.43. The van der Waals surface area contributed by atoms with Crippen LogP contribution in [0.3, 0.4) is 0 Å². The number of carbonyl (C=O) groups is 1. The van der Waals surface area contributed by atoms with Crippen molar-refractivity contribution in [3.8, 4) is 0 Å². The Kier molecular flexibility index (Phi) is 2.65. The Balaban J connectivity index is 2.86. The van der Waals surface area contributed by atoms with E-state index in [1.807, 2.05) is 0 Å². The normalized spacial score (nSPS) is 9.79. The number of H-pyrrole nitrogens is 1. The SMILES string of the molecule is Cc1[nH]nc(NCC(=O)O)c1[N+](=O)[O-]. The number of anilines is 1. The van der Waals surface area contributed by atoms with Crippen LogP contribution in [-0.2, 0) is 4.79 Å². The summed E-state index contributed by atoms with van der Waals surface area (Å²) in [5.41, 5.74) is 0.0501. The highest BCUT2D eigenvalue weighted by Gasteiger charge is 2.21. The summed E-state index contributed by atoms with van der Waals surface area (Å²) in [6, 6.07) is 0. The van der Waals surface area contributed by atoms with E-state index in [0.29, 0.717) is 0 Å². The number of carboxylic acids is 1. The number of nitrogens with zero attached hydrogens (tertiary/aromatic N) is 2. The second-order valence-electron chi connectivity index (χ2n) is 2.55. The van der Waals surface area contributed by atoms with Crippen LogP contribution in [0.15, 0.2) is 0 Å². The molecule has 0 aliphatic carbocycles. The molecule has 1 rings (SSSR count). The summed E-state index contributed by atoms with van der Waals surface area (Å²) in [5.74, 6) is -1.17. The zero-order valence-electron chi connectivity index (χ0n) is 7.27. The standard InChI is InChI=1S/C6H8N4O4/c1-3-5(10(13)14)6(9-8-3)7-2-4(11)12/h2H2,1H3,(H,11,12)(H2,7,8,9). The van der Waals surface area contributed by atoms with Gasteiger partial charge in [0.2, 0.25) is 5.82 Å². The van der Waals surface area contributed by atoms with E-state index in [9.17, 15) is 14.9 Å². The summed E-state index contributed by atoms with van der Waals surface area (Å²) in [6.45, 7) is 1.07. The van der Waals surface area contributed by atoms with Gasteiger partial charge in [-0.25, -0.2) is 0 Å². The summed E-state index contributed by atoms with van der Waals surface area (Å²) >= 11 is 0. The van der Waals surface area contributed by atoms with Crippen LogP contribution in [0.5, 0.6) is 0 Å². The fourth-order valence-corrected chi connectivity index (χ4v) is 0.929. The number of aromatic amines is 1. The summed E-state index contributed by atoms with van der Waals surface area (Å²) in [7, 11) is 0. The van der Waals surface area contributed by atoms with Crippen molar-refractivity contribution >= 4 is 17.5 Å². The molecule has 0 saturated carbocycles. The number of carboxylic acid groups (broad SMARTS) is 1. The van der Waals surface area contributed by atoms with Crippen molar-refractivity contribution in [2.45, 2.75) is 6.92 Å². The van der Waals surface area contributed by atoms with Gasteiger partial charge in [0.05, 0.1) is 4.92 Å². The molecule has 0 amide bonds. The van der Waals surface area contributed by atoms with Crippen LogP contribution in [-0.4, -0.2) is 32.7 Å². The first-order valence-electron chi connectivity index (χ1n) is 3.67. The Morgan fingerprint density at radius 3 is 2.93 bits per heavy atom. The third-order valence-corrected chi connectivity index (χ3v) is 1.50.